The summed E-state index contributed by atoms with van der Waals surface area (Å²) in [5, 5.41) is 14.5. The Morgan fingerprint density at radius 1 is 1.21 bits per heavy atom. The van der Waals surface area contributed by atoms with Gasteiger partial charge in [0.1, 0.15) is 17.9 Å². The molecule has 0 bridgehead atoms. The molecule has 2 amide bonds. The van der Waals surface area contributed by atoms with Crippen molar-refractivity contribution >= 4 is 52.2 Å². The number of anilines is 2. The summed E-state index contributed by atoms with van der Waals surface area (Å²) in [6.45, 7) is 3.96. The van der Waals surface area contributed by atoms with E-state index in [-0.39, 0.29) is 34.1 Å². The average molecular weight is 488 g/mol. The summed E-state index contributed by atoms with van der Waals surface area (Å²) in [6, 6.07) is 8.56. The van der Waals surface area contributed by atoms with E-state index >= 15 is 0 Å². The SMILES string of the molecule is CC1(C)CC(=O)C2=C(C1)Nc1c(O)cccc1N(C(=O)CC(N)=O)C2c1ccc(Cl)cc1Cl. The number of benzene rings is 2. The van der Waals surface area contributed by atoms with Gasteiger partial charge in [0.15, 0.2) is 5.78 Å². The minimum atomic E-state index is -0.948. The van der Waals surface area contributed by atoms with Crippen molar-refractivity contribution < 1.29 is 19.5 Å². The highest BCUT2D eigenvalue weighted by Crippen LogP contribution is 2.51. The Morgan fingerprint density at radius 3 is 2.61 bits per heavy atom. The summed E-state index contributed by atoms with van der Waals surface area (Å²) < 4.78 is 0. The molecule has 7 nitrogen and oxygen atoms in total. The number of primary amides is 1. The Kier molecular flexibility index (Phi) is 5.88. The van der Waals surface area contributed by atoms with Crippen molar-refractivity contribution in [3.8, 4) is 5.75 Å². The molecule has 1 heterocycles. The number of nitrogens with one attached hydrogen (secondary N) is 1. The van der Waals surface area contributed by atoms with Gasteiger partial charge < -0.3 is 16.2 Å². The van der Waals surface area contributed by atoms with Gasteiger partial charge in [-0.2, -0.15) is 0 Å². The molecular formula is C24H23Cl2N3O4. The van der Waals surface area contributed by atoms with Gasteiger partial charge in [-0.05, 0) is 41.7 Å². The number of Topliss-reactive ketones (excluding diaryl/α,β-unsaturated/α-hetero) is 1. The van der Waals surface area contributed by atoms with Crippen molar-refractivity contribution in [2.45, 2.75) is 39.2 Å². The summed E-state index contributed by atoms with van der Waals surface area (Å²) in [4.78, 5) is 40.0. The summed E-state index contributed by atoms with van der Waals surface area (Å²) in [7, 11) is 0. The quantitative estimate of drug-likeness (QED) is 0.428. The van der Waals surface area contributed by atoms with Crippen LogP contribution in [-0.4, -0.2) is 22.7 Å². The zero-order valence-corrected chi connectivity index (χ0v) is 19.6. The first-order chi connectivity index (χ1) is 15.5. The highest BCUT2D eigenvalue weighted by molar-refractivity contribution is 6.35. The van der Waals surface area contributed by atoms with Gasteiger partial charge in [-0.25, -0.2) is 0 Å². The van der Waals surface area contributed by atoms with Crippen molar-refractivity contribution in [2.24, 2.45) is 11.1 Å². The van der Waals surface area contributed by atoms with Gasteiger partial charge in [0.25, 0.3) is 0 Å². The largest absolute Gasteiger partial charge is 0.506 e. The van der Waals surface area contributed by atoms with Crippen LogP contribution in [0.4, 0.5) is 11.4 Å². The number of halogens is 2. The third kappa shape index (κ3) is 4.30. The monoisotopic (exact) mass is 487 g/mol. The molecule has 1 unspecified atom stereocenters. The summed E-state index contributed by atoms with van der Waals surface area (Å²) in [6.07, 6.45) is 0.176. The molecule has 0 saturated heterocycles. The van der Waals surface area contributed by atoms with E-state index in [0.29, 0.717) is 34.0 Å². The molecule has 9 heteroatoms. The molecule has 0 aromatic heterocycles. The number of carbonyl (C=O) groups excluding carboxylic acids is 3. The fourth-order valence-electron chi connectivity index (χ4n) is 4.57. The fourth-order valence-corrected chi connectivity index (χ4v) is 5.08. The van der Waals surface area contributed by atoms with E-state index in [1.807, 2.05) is 13.8 Å². The molecule has 2 aromatic rings. The molecule has 0 spiro atoms. The number of ketones is 1. The molecule has 0 saturated carbocycles. The van der Waals surface area contributed by atoms with Gasteiger partial charge in [0, 0.05) is 27.7 Å². The van der Waals surface area contributed by atoms with Gasteiger partial charge in [0.05, 0.1) is 11.7 Å². The third-order valence-corrected chi connectivity index (χ3v) is 6.42. The van der Waals surface area contributed by atoms with E-state index in [9.17, 15) is 19.5 Å². The molecule has 172 valence electrons. The van der Waals surface area contributed by atoms with E-state index in [4.69, 9.17) is 28.9 Å². The van der Waals surface area contributed by atoms with E-state index in [0.717, 1.165) is 0 Å². The van der Waals surface area contributed by atoms with Crippen LogP contribution in [0, 0.1) is 5.41 Å². The second kappa shape index (κ2) is 8.39. The second-order valence-corrected chi connectivity index (χ2v) is 9.95. The van der Waals surface area contributed by atoms with Gasteiger partial charge in [0.2, 0.25) is 11.8 Å². The highest BCUT2D eigenvalue weighted by atomic mass is 35.5. The van der Waals surface area contributed by atoms with Gasteiger partial charge >= 0.3 is 0 Å². The van der Waals surface area contributed by atoms with E-state index in [1.54, 1.807) is 24.3 Å². The Bertz CT molecular complexity index is 1220. The number of phenolic OH excluding ortho intramolecular Hbond substituents is 1. The lowest BCUT2D eigenvalue weighted by Gasteiger charge is -2.37. The van der Waals surface area contributed by atoms with Crippen LogP contribution in [0.3, 0.4) is 0 Å². The number of carbonyl (C=O) groups is 3. The van der Waals surface area contributed by atoms with Crippen molar-refractivity contribution in [1.29, 1.82) is 0 Å². The van der Waals surface area contributed by atoms with Gasteiger partial charge in [-0.1, -0.05) is 49.2 Å². The van der Waals surface area contributed by atoms with Crippen LogP contribution in [0.5, 0.6) is 5.75 Å². The summed E-state index contributed by atoms with van der Waals surface area (Å²) >= 11 is 12.7. The van der Waals surface area contributed by atoms with Crippen LogP contribution in [0.2, 0.25) is 10.0 Å². The zero-order chi connectivity index (χ0) is 24.1. The molecule has 2 aromatic carbocycles. The molecule has 0 fully saturated rings. The van der Waals surface area contributed by atoms with Crippen LogP contribution >= 0.6 is 23.2 Å². The Hall–Kier alpha value is -3.03. The number of allylic oxidation sites excluding steroid dienone is 1. The molecule has 4 rings (SSSR count). The van der Waals surface area contributed by atoms with E-state index < -0.39 is 24.3 Å². The van der Waals surface area contributed by atoms with E-state index in [2.05, 4.69) is 5.32 Å². The van der Waals surface area contributed by atoms with Crippen LogP contribution in [0.1, 0.15) is 44.7 Å². The first-order valence-corrected chi connectivity index (χ1v) is 11.1. The number of nitrogens with two attached hydrogens (primary N) is 1. The number of hydrogen-bond acceptors (Lipinski definition) is 5. The maximum Gasteiger partial charge on any atom is 0.237 e. The van der Waals surface area contributed by atoms with Crippen molar-refractivity contribution in [2.75, 3.05) is 10.2 Å². The smallest absolute Gasteiger partial charge is 0.237 e. The lowest BCUT2D eigenvalue weighted by molar-refractivity contribution is -0.126. The van der Waals surface area contributed by atoms with Gasteiger partial charge in [-0.3, -0.25) is 19.3 Å². The standard InChI is InChI=1S/C24H23Cl2N3O4/c1-24(2)10-15-21(18(31)11-24)23(13-7-6-12(25)8-14(13)26)29(20(33)9-19(27)32)16-4-3-5-17(30)22(16)28-15/h3-8,23,28,30H,9-11H2,1-2H3,(H2,27,32). The lowest BCUT2D eigenvalue weighted by atomic mass is 9.73. The lowest BCUT2D eigenvalue weighted by Crippen LogP contribution is -2.41. The van der Waals surface area contributed by atoms with Crippen molar-refractivity contribution in [3.63, 3.8) is 0 Å². The molecule has 4 N–H and O–H groups in total. The molecule has 1 atom stereocenters. The minimum absolute atomic E-state index is 0.102. The fraction of sp³-hybridized carbons (Fsp3) is 0.292. The highest BCUT2D eigenvalue weighted by Gasteiger charge is 2.44. The van der Waals surface area contributed by atoms with Crippen molar-refractivity contribution in [1.82, 2.24) is 0 Å². The Balaban J connectivity index is 2.06. The average Bonchev–Trinajstić information content (AvgIpc) is 2.82. The minimum Gasteiger partial charge on any atom is -0.506 e. The third-order valence-electron chi connectivity index (χ3n) is 5.86. The van der Waals surface area contributed by atoms with Crippen molar-refractivity contribution in [3.05, 3.63) is 63.3 Å². The van der Waals surface area contributed by atoms with Crippen LogP contribution in [0.25, 0.3) is 0 Å². The van der Waals surface area contributed by atoms with Crippen LogP contribution < -0.4 is 16.0 Å². The van der Waals surface area contributed by atoms with Crippen LogP contribution in [0.15, 0.2) is 47.7 Å². The molecule has 1 aliphatic carbocycles. The number of nitrogens with zero attached hydrogens (tertiary/aromatic N) is 1. The number of fused-ring (bicyclic) bond motifs is 1. The number of amides is 2. The Morgan fingerprint density at radius 2 is 1.94 bits per heavy atom. The van der Waals surface area contributed by atoms with E-state index in [1.165, 1.54) is 17.0 Å². The molecular weight excluding hydrogens is 465 g/mol. The number of para-hydroxylation sites is 1. The number of rotatable bonds is 3. The molecule has 2 aliphatic rings. The molecule has 33 heavy (non-hydrogen) atoms. The molecule has 0 radical (unpaired) electrons. The number of phenols is 1. The Labute approximate surface area is 201 Å². The maximum atomic E-state index is 13.5. The topological polar surface area (TPSA) is 113 Å². The predicted molar refractivity (Wildman–Crippen MR) is 127 cm³/mol. The first kappa shape index (κ1) is 23.1. The number of hydrogen-bond donors (Lipinski definition) is 3. The van der Waals surface area contributed by atoms with Crippen LogP contribution in [-0.2, 0) is 14.4 Å². The maximum absolute atomic E-state index is 13.5. The number of aromatic hydroxyl groups is 1. The van der Waals surface area contributed by atoms with Gasteiger partial charge in [-0.15, -0.1) is 0 Å². The normalized spacial score (nSPS) is 19.3. The zero-order valence-electron chi connectivity index (χ0n) is 18.1. The first-order valence-electron chi connectivity index (χ1n) is 10.4. The predicted octanol–water partition coefficient (Wildman–Crippen LogP) is 4.72. The summed E-state index contributed by atoms with van der Waals surface area (Å²) in [5.74, 6) is -1.70. The summed E-state index contributed by atoms with van der Waals surface area (Å²) in [5.41, 5.74) is 6.98. The molecule has 1 aliphatic heterocycles. The second-order valence-electron chi connectivity index (χ2n) is 9.10.